The van der Waals surface area contributed by atoms with Crippen LogP contribution in [0.1, 0.15) is 35.2 Å². The molecule has 1 fully saturated rings. The number of piperidine rings is 1. The molecule has 1 aliphatic heterocycles. The molecule has 3 N–H and O–H groups in total. The Morgan fingerprint density at radius 1 is 1.07 bits per heavy atom. The molecule has 0 spiro atoms. The Morgan fingerprint density at radius 2 is 1.81 bits per heavy atom. The molecule has 0 atom stereocenters. The van der Waals surface area contributed by atoms with E-state index < -0.39 is 0 Å². The van der Waals surface area contributed by atoms with Gasteiger partial charge in [0.25, 0.3) is 5.91 Å². The molecule has 27 heavy (non-hydrogen) atoms. The third kappa shape index (κ3) is 3.23. The normalized spacial score (nSPS) is 15.3. The van der Waals surface area contributed by atoms with Crippen LogP contribution in [-0.4, -0.2) is 44.5 Å². The van der Waals surface area contributed by atoms with Crippen molar-refractivity contribution in [3.8, 4) is 5.69 Å². The molecular formula is C20H21N5O2. The highest BCUT2D eigenvalue weighted by Crippen LogP contribution is 2.21. The fourth-order valence-electron chi connectivity index (χ4n) is 3.48. The quantitative estimate of drug-likeness (QED) is 0.324. The average molecular weight is 363 g/mol. The van der Waals surface area contributed by atoms with E-state index in [0.717, 1.165) is 42.7 Å². The number of carbonyl (C=O) groups excluding carboxylic acids is 1. The Labute approximate surface area is 156 Å². The minimum absolute atomic E-state index is 0.0555. The van der Waals surface area contributed by atoms with E-state index in [-0.39, 0.29) is 11.7 Å². The molecule has 0 unspecified atom stereocenters. The van der Waals surface area contributed by atoms with Gasteiger partial charge in [0, 0.05) is 42.1 Å². The molecule has 3 aromatic rings. The zero-order chi connectivity index (χ0) is 18.8. The highest BCUT2D eigenvalue weighted by Gasteiger charge is 2.19. The van der Waals surface area contributed by atoms with E-state index in [4.69, 9.17) is 10.9 Å². The number of oxime groups is 1. The third-order valence-corrected chi connectivity index (χ3v) is 4.97. The van der Waals surface area contributed by atoms with Gasteiger partial charge in [-0.2, -0.15) is 0 Å². The van der Waals surface area contributed by atoms with Gasteiger partial charge in [0.1, 0.15) is 5.65 Å². The van der Waals surface area contributed by atoms with E-state index in [2.05, 4.69) is 10.1 Å². The summed E-state index contributed by atoms with van der Waals surface area (Å²) in [5.74, 6) is 0.123. The highest BCUT2D eigenvalue weighted by atomic mass is 16.4. The first-order valence-electron chi connectivity index (χ1n) is 9.02. The summed E-state index contributed by atoms with van der Waals surface area (Å²) in [5, 5.41) is 12.7. The number of pyridine rings is 1. The number of nitrogens with two attached hydrogens (primary N) is 1. The lowest BCUT2D eigenvalue weighted by molar-refractivity contribution is 0.0724. The van der Waals surface area contributed by atoms with E-state index in [1.807, 2.05) is 39.9 Å². The van der Waals surface area contributed by atoms with Crippen LogP contribution in [0.25, 0.3) is 16.7 Å². The molecule has 7 nitrogen and oxygen atoms in total. The van der Waals surface area contributed by atoms with Crippen molar-refractivity contribution in [2.45, 2.75) is 19.3 Å². The zero-order valence-electron chi connectivity index (χ0n) is 14.9. The van der Waals surface area contributed by atoms with Crippen LogP contribution < -0.4 is 5.73 Å². The lowest BCUT2D eigenvalue weighted by Crippen LogP contribution is -2.35. The summed E-state index contributed by atoms with van der Waals surface area (Å²) >= 11 is 0. The molecule has 7 heteroatoms. The number of amides is 1. The van der Waals surface area contributed by atoms with E-state index in [9.17, 15) is 4.79 Å². The van der Waals surface area contributed by atoms with Crippen LogP contribution in [0.2, 0.25) is 0 Å². The molecule has 138 valence electrons. The van der Waals surface area contributed by atoms with Gasteiger partial charge in [-0.25, -0.2) is 4.98 Å². The van der Waals surface area contributed by atoms with Crippen molar-refractivity contribution in [3.05, 3.63) is 59.9 Å². The van der Waals surface area contributed by atoms with E-state index in [0.29, 0.717) is 11.1 Å². The van der Waals surface area contributed by atoms with Gasteiger partial charge < -0.3 is 20.4 Å². The molecule has 0 bridgehead atoms. The minimum atomic E-state index is 0.0555. The molecule has 0 saturated carbocycles. The number of nitrogens with zero attached hydrogens (tertiary/aromatic N) is 4. The maximum Gasteiger partial charge on any atom is 0.255 e. The fourth-order valence-corrected chi connectivity index (χ4v) is 3.48. The van der Waals surface area contributed by atoms with Gasteiger partial charge in [0.2, 0.25) is 0 Å². The predicted molar refractivity (Wildman–Crippen MR) is 103 cm³/mol. The van der Waals surface area contributed by atoms with Crippen LogP contribution in [-0.2, 0) is 0 Å². The van der Waals surface area contributed by atoms with Crippen LogP contribution in [0.4, 0.5) is 0 Å². The van der Waals surface area contributed by atoms with Crippen molar-refractivity contribution >= 4 is 22.8 Å². The van der Waals surface area contributed by atoms with Crippen LogP contribution in [0.5, 0.6) is 0 Å². The second kappa shape index (κ2) is 7.11. The highest BCUT2D eigenvalue weighted by molar-refractivity contribution is 5.98. The van der Waals surface area contributed by atoms with Gasteiger partial charge in [-0.15, -0.1) is 0 Å². The minimum Gasteiger partial charge on any atom is -0.409 e. The molecule has 1 saturated heterocycles. The van der Waals surface area contributed by atoms with Crippen molar-refractivity contribution < 1.29 is 10.0 Å². The van der Waals surface area contributed by atoms with Crippen molar-refractivity contribution in [2.24, 2.45) is 10.9 Å². The lowest BCUT2D eigenvalue weighted by Gasteiger charge is -2.26. The third-order valence-electron chi connectivity index (χ3n) is 4.97. The van der Waals surface area contributed by atoms with Crippen molar-refractivity contribution in [2.75, 3.05) is 13.1 Å². The summed E-state index contributed by atoms with van der Waals surface area (Å²) in [6.45, 7) is 1.65. The largest absolute Gasteiger partial charge is 0.409 e. The molecule has 1 amide bonds. The van der Waals surface area contributed by atoms with Gasteiger partial charge in [-0.05, 0) is 55.7 Å². The summed E-state index contributed by atoms with van der Waals surface area (Å²) in [5.41, 5.74) is 8.56. The van der Waals surface area contributed by atoms with Crippen LogP contribution in [0.15, 0.2) is 53.9 Å². The number of rotatable bonds is 3. The zero-order valence-corrected chi connectivity index (χ0v) is 14.9. The SMILES string of the molecule is N/C(=N\O)c1ccc(-n2ccc3cc(C(=O)N4CCCCC4)cnc32)cc1. The first kappa shape index (κ1) is 17.1. The Hall–Kier alpha value is -3.35. The number of amidine groups is 1. The van der Waals surface area contributed by atoms with Crippen LogP contribution in [0.3, 0.4) is 0 Å². The first-order chi connectivity index (χ1) is 13.2. The smallest absolute Gasteiger partial charge is 0.255 e. The Morgan fingerprint density at radius 3 is 2.52 bits per heavy atom. The molecular weight excluding hydrogens is 342 g/mol. The molecule has 2 aromatic heterocycles. The lowest BCUT2D eigenvalue weighted by atomic mass is 10.1. The maximum atomic E-state index is 12.7. The molecule has 0 aliphatic carbocycles. The summed E-state index contributed by atoms with van der Waals surface area (Å²) in [6, 6.07) is 11.2. The molecule has 1 aliphatic rings. The summed E-state index contributed by atoms with van der Waals surface area (Å²) in [7, 11) is 0. The van der Waals surface area contributed by atoms with E-state index in [1.54, 1.807) is 18.3 Å². The van der Waals surface area contributed by atoms with Crippen molar-refractivity contribution in [1.29, 1.82) is 0 Å². The van der Waals surface area contributed by atoms with E-state index >= 15 is 0 Å². The van der Waals surface area contributed by atoms with Crippen LogP contribution in [0, 0.1) is 0 Å². The van der Waals surface area contributed by atoms with E-state index in [1.165, 1.54) is 6.42 Å². The number of hydrogen-bond donors (Lipinski definition) is 2. The van der Waals surface area contributed by atoms with Gasteiger partial charge >= 0.3 is 0 Å². The van der Waals surface area contributed by atoms with Crippen LogP contribution >= 0.6 is 0 Å². The number of likely N-dealkylation sites (tertiary alicyclic amines) is 1. The summed E-state index contributed by atoms with van der Waals surface area (Å²) in [6.07, 6.45) is 6.91. The standard InChI is InChI=1S/C20H21N5O2/c21-18(23-27)14-4-6-17(7-5-14)25-11-8-15-12-16(13-22-19(15)25)20(26)24-9-2-1-3-10-24/h4-8,11-13,27H,1-3,9-10H2,(H2,21,23). The Bertz CT molecular complexity index is 1000. The Kier molecular flexibility index (Phi) is 4.50. The molecule has 4 rings (SSSR count). The molecule has 3 heterocycles. The number of aromatic nitrogens is 2. The van der Waals surface area contributed by atoms with Gasteiger partial charge in [-0.3, -0.25) is 4.79 Å². The maximum absolute atomic E-state index is 12.7. The number of fused-ring (bicyclic) bond motifs is 1. The second-order valence-electron chi connectivity index (χ2n) is 6.71. The average Bonchev–Trinajstić information content (AvgIpc) is 3.16. The summed E-state index contributed by atoms with van der Waals surface area (Å²) < 4.78 is 1.94. The van der Waals surface area contributed by atoms with Gasteiger partial charge in [0.05, 0.1) is 5.56 Å². The van der Waals surface area contributed by atoms with Gasteiger partial charge in [0.15, 0.2) is 5.84 Å². The topological polar surface area (TPSA) is 96.7 Å². The van der Waals surface area contributed by atoms with Crippen molar-refractivity contribution in [1.82, 2.24) is 14.5 Å². The molecule has 1 aromatic carbocycles. The fraction of sp³-hybridized carbons (Fsp3) is 0.250. The predicted octanol–water partition coefficient (Wildman–Crippen LogP) is 2.75. The number of carbonyl (C=O) groups is 1. The monoisotopic (exact) mass is 363 g/mol. The first-order valence-corrected chi connectivity index (χ1v) is 9.02. The second-order valence-corrected chi connectivity index (χ2v) is 6.71. The number of benzene rings is 1. The van der Waals surface area contributed by atoms with Crippen molar-refractivity contribution in [3.63, 3.8) is 0 Å². The van der Waals surface area contributed by atoms with Gasteiger partial charge in [-0.1, -0.05) is 5.16 Å². The number of hydrogen-bond acceptors (Lipinski definition) is 4. The Balaban J connectivity index is 1.63. The summed E-state index contributed by atoms with van der Waals surface area (Å²) in [4.78, 5) is 19.1. The molecule has 0 radical (unpaired) electrons.